The SMILES string of the molecule is N#Cc1ccc(Cl)c(Nc2cc(=NC3CC3)n3nc/c(=C/c4[nH]c(=O)[nH]c4O)c3n2)c1. The third-order valence-corrected chi connectivity index (χ3v) is 5.06. The third kappa shape index (κ3) is 3.74. The highest BCUT2D eigenvalue weighted by atomic mass is 35.5. The smallest absolute Gasteiger partial charge is 0.326 e. The Bertz CT molecular complexity index is 1540. The van der Waals surface area contributed by atoms with Crippen molar-refractivity contribution >= 4 is 34.8 Å². The highest BCUT2D eigenvalue weighted by molar-refractivity contribution is 6.33. The molecule has 0 spiro atoms. The number of halogens is 1. The van der Waals surface area contributed by atoms with Crippen LogP contribution in [-0.2, 0) is 0 Å². The van der Waals surface area contributed by atoms with Crippen LogP contribution in [0.1, 0.15) is 24.1 Å². The van der Waals surface area contributed by atoms with Crippen molar-refractivity contribution in [2.75, 3.05) is 5.32 Å². The molecule has 1 aromatic carbocycles. The molecule has 0 atom stereocenters. The van der Waals surface area contributed by atoms with Crippen molar-refractivity contribution in [3.63, 3.8) is 0 Å². The number of nitrogens with one attached hydrogen (secondary N) is 3. The number of hydrogen-bond donors (Lipinski definition) is 4. The van der Waals surface area contributed by atoms with Gasteiger partial charge >= 0.3 is 5.69 Å². The molecule has 0 aliphatic heterocycles. The number of nitrogens with zero attached hydrogens (tertiary/aromatic N) is 5. The van der Waals surface area contributed by atoms with Crippen molar-refractivity contribution in [3.8, 4) is 11.9 Å². The molecule has 10 nitrogen and oxygen atoms in total. The van der Waals surface area contributed by atoms with Crippen LogP contribution in [0.25, 0.3) is 11.7 Å². The maximum Gasteiger partial charge on any atom is 0.326 e. The van der Waals surface area contributed by atoms with E-state index in [2.05, 4.69) is 31.4 Å². The predicted octanol–water partition coefficient (Wildman–Crippen LogP) is 1.33. The van der Waals surface area contributed by atoms with E-state index in [1.807, 2.05) is 0 Å². The van der Waals surface area contributed by atoms with Gasteiger partial charge < -0.3 is 15.4 Å². The lowest BCUT2D eigenvalue weighted by atomic mass is 10.2. The molecular formula is C20H15ClN8O2. The molecule has 31 heavy (non-hydrogen) atoms. The number of aromatic hydroxyl groups is 1. The Kier molecular flexibility index (Phi) is 4.45. The number of imidazole rings is 1. The molecule has 5 rings (SSSR count). The number of hydrogen-bond acceptors (Lipinski definition) is 7. The molecule has 3 heterocycles. The van der Waals surface area contributed by atoms with E-state index in [1.165, 1.54) is 0 Å². The summed E-state index contributed by atoms with van der Waals surface area (Å²) in [5.41, 5.74) is 1.76. The lowest BCUT2D eigenvalue weighted by Crippen LogP contribution is -2.20. The van der Waals surface area contributed by atoms with E-state index in [-0.39, 0.29) is 17.6 Å². The minimum absolute atomic E-state index is 0.213. The van der Waals surface area contributed by atoms with E-state index >= 15 is 0 Å². The van der Waals surface area contributed by atoms with Crippen LogP contribution in [-0.4, -0.2) is 35.7 Å². The highest BCUT2D eigenvalue weighted by Crippen LogP contribution is 2.26. The normalized spacial score (nSPS) is 14.8. The zero-order chi connectivity index (χ0) is 21.5. The van der Waals surface area contributed by atoms with Crippen LogP contribution < -0.4 is 21.7 Å². The number of rotatable bonds is 4. The van der Waals surface area contributed by atoms with E-state index < -0.39 is 5.69 Å². The number of aromatic nitrogens is 5. The van der Waals surface area contributed by atoms with Crippen molar-refractivity contribution in [1.82, 2.24) is 24.6 Å². The van der Waals surface area contributed by atoms with Crippen LogP contribution >= 0.6 is 11.6 Å². The zero-order valence-electron chi connectivity index (χ0n) is 15.9. The summed E-state index contributed by atoms with van der Waals surface area (Å²) in [6.45, 7) is 0. The van der Waals surface area contributed by atoms with Crippen LogP contribution in [0.4, 0.5) is 11.5 Å². The molecule has 1 fully saturated rings. The molecule has 4 aromatic rings. The number of benzene rings is 1. The van der Waals surface area contributed by atoms with Gasteiger partial charge in [-0.3, -0.25) is 9.98 Å². The van der Waals surface area contributed by atoms with Crippen LogP contribution in [0.15, 0.2) is 40.2 Å². The largest absolute Gasteiger partial charge is 0.493 e. The number of aromatic amines is 2. The van der Waals surface area contributed by atoms with Gasteiger partial charge in [-0.15, -0.1) is 0 Å². The molecule has 4 N–H and O–H groups in total. The van der Waals surface area contributed by atoms with E-state index in [1.54, 1.807) is 41.1 Å². The monoisotopic (exact) mass is 434 g/mol. The van der Waals surface area contributed by atoms with Gasteiger partial charge in [0.1, 0.15) is 11.5 Å². The van der Waals surface area contributed by atoms with Crippen LogP contribution in [0, 0.1) is 11.3 Å². The molecule has 3 aromatic heterocycles. The molecule has 1 aliphatic carbocycles. The Morgan fingerprint density at radius 1 is 1.35 bits per heavy atom. The van der Waals surface area contributed by atoms with Gasteiger partial charge in [-0.1, -0.05) is 11.6 Å². The Balaban J connectivity index is 1.69. The topological polar surface area (TPSA) is 147 Å². The van der Waals surface area contributed by atoms with E-state index in [4.69, 9.17) is 21.9 Å². The molecule has 1 aliphatic rings. The van der Waals surface area contributed by atoms with E-state index in [0.717, 1.165) is 12.8 Å². The first kappa shape index (κ1) is 18.9. The summed E-state index contributed by atoms with van der Waals surface area (Å²) >= 11 is 6.28. The molecule has 0 amide bonds. The Hall–Kier alpha value is -4.10. The molecular weight excluding hydrogens is 420 g/mol. The molecule has 0 unspecified atom stereocenters. The average Bonchev–Trinajstić information content (AvgIpc) is 3.38. The van der Waals surface area contributed by atoms with Gasteiger partial charge in [0.25, 0.3) is 0 Å². The van der Waals surface area contributed by atoms with Crippen molar-refractivity contribution in [2.24, 2.45) is 4.99 Å². The first-order valence-corrected chi connectivity index (χ1v) is 9.80. The summed E-state index contributed by atoms with van der Waals surface area (Å²) < 4.78 is 1.60. The third-order valence-electron chi connectivity index (χ3n) is 4.74. The summed E-state index contributed by atoms with van der Waals surface area (Å²) in [4.78, 5) is 25.5. The van der Waals surface area contributed by atoms with Gasteiger partial charge in [0, 0.05) is 11.3 Å². The van der Waals surface area contributed by atoms with Crippen molar-refractivity contribution in [3.05, 3.63) is 67.9 Å². The van der Waals surface area contributed by atoms with Gasteiger partial charge in [0.15, 0.2) is 11.1 Å². The second-order valence-electron chi connectivity index (χ2n) is 7.11. The highest BCUT2D eigenvalue weighted by Gasteiger charge is 2.20. The van der Waals surface area contributed by atoms with Crippen molar-refractivity contribution < 1.29 is 5.11 Å². The number of fused-ring (bicyclic) bond motifs is 1. The summed E-state index contributed by atoms with van der Waals surface area (Å²) in [7, 11) is 0. The summed E-state index contributed by atoms with van der Waals surface area (Å²) in [5.74, 6) is 0.187. The van der Waals surface area contributed by atoms with Gasteiger partial charge in [-0.25, -0.2) is 9.78 Å². The second-order valence-corrected chi connectivity index (χ2v) is 7.52. The molecule has 0 saturated heterocycles. The van der Waals surface area contributed by atoms with E-state index in [0.29, 0.717) is 38.4 Å². The van der Waals surface area contributed by atoms with Crippen LogP contribution in [0.5, 0.6) is 5.88 Å². The molecule has 1 saturated carbocycles. The first-order valence-electron chi connectivity index (χ1n) is 9.42. The van der Waals surface area contributed by atoms with Crippen LogP contribution in [0.3, 0.4) is 0 Å². The molecule has 11 heteroatoms. The summed E-state index contributed by atoms with van der Waals surface area (Å²) in [5, 5.41) is 27.6. The van der Waals surface area contributed by atoms with Crippen molar-refractivity contribution in [1.29, 1.82) is 5.26 Å². The first-order chi connectivity index (χ1) is 15.0. The van der Waals surface area contributed by atoms with Gasteiger partial charge in [0.2, 0.25) is 5.88 Å². The fourth-order valence-corrected chi connectivity index (χ4v) is 3.25. The minimum Gasteiger partial charge on any atom is -0.493 e. The fraction of sp³-hybridized carbons (Fsp3) is 0.150. The Morgan fingerprint density at radius 3 is 2.90 bits per heavy atom. The predicted molar refractivity (Wildman–Crippen MR) is 113 cm³/mol. The minimum atomic E-state index is -0.521. The molecule has 0 bridgehead atoms. The molecule has 154 valence electrons. The number of nitriles is 1. The van der Waals surface area contributed by atoms with E-state index in [9.17, 15) is 9.90 Å². The maximum absolute atomic E-state index is 11.4. The number of anilines is 2. The quantitative estimate of drug-likeness (QED) is 0.381. The standard InChI is InChI=1S/C20H15ClN8O2/c21-13-4-1-10(8-22)5-14(13)25-16-7-17(24-12-2-3-12)29-18(27-16)11(9-23-29)6-15-19(30)28-20(31)26-15/h1,4-7,9,12,25,30H,2-3H2,(H2,26,28,31)/b11-6-,24-17?. The fourth-order valence-electron chi connectivity index (χ4n) is 3.09. The summed E-state index contributed by atoms with van der Waals surface area (Å²) in [6.07, 6.45) is 5.17. The maximum atomic E-state index is 11.4. The number of H-pyrrole nitrogens is 2. The zero-order valence-corrected chi connectivity index (χ0v) is 16.7. The van der Waals surface area contributed by atoms with Gasteiger partial charge in [-0.05, 0) is 37.1 Å². The lowest BCUT2D eigenvalue weighted by Gasteiger charge is -2.08. The molecule has 0 radical (unpaired) electrons. The Morgan fingerprint density at radius 2 is 2.19 bits per heavy atom. The lowest BCUT2D eigenvalue weighted by molar-refractivity contribution is 0.454. The van der Waals surface area contributed by atoms with Gasteiger partial charge in [-0.2, -0.15) is 14.9 Å². The van der Waals surface area contributed by atoms with Crippen molar-refractivity contribution in [2.45, 2.75) is 18.9 Å². The second kappa shape index (κ2) is 7.30. The van der Waals surface area contributed by atoms with Gasteiger partial charge in [0.05, 0.1) is 34.6 Å². The summed E-state index contributed by atoms with van der Waals surface area (Å²) in [6, 6.07) is 8.99. The average molecular weight is 435 g/mol. The Labute approximate surface area is 179 Å². The van der Waals surface area contributed by atoms with Crippen LogP contribution in [0.2, 0.25) is 5.02 Å².